The number of non-ortho nitro benzene ring substituents is 1. The molecular formula is C11H3F2N5O2. The Hall–Kier alpha value is -3.33. The lowest BCUT2D eigenvalue weighted by Gasteiger charge is -2.06. The Kier molecular flexibility index (Phi) is 3.11. The number of hydrogen-bond donors (Lipinski definition) is 0. The summed E-state index contributed by atoms with van der Waals surface area (Å²) < 4.78 is 28.3. The Morgan fingerprint density at radius 3 is 2.30 bits per heavy atom. The number of nitrogens with zero attached hydrogens (tertiary/aromatic N) is 5. The summed E-state index contributed by atoms with van der Waals surface area (Å²) >= 11 is 0. The van der Waals surface area contributed by atoms with Crippen molar-refractivity contribution in [2.24, 2.45) is 0 Å². The second-order valence-corrected chi connectivity index (χ2v) is 3.55. The maximum absolute atomic E-state index is 13.8. The minimum Gasteiger partial charge on any atom is -0.284 e. The summed E-state index contributed by atoms with van der Waals surface area (Å²) in [6.07, 6.45) is 0.893. The Bertz CT molecular complexity index is 777. The van der Waals surface area contributed by atoms with Crippen LogP contribution in [-0.2, 0) is 0 Å². The zero-order valence-electron chi connectivity index (χ0n) is 9.54. The lowest BCUT2D eigenvalue weighted by Crippen LogP contribution is -2.04. The zero-order chi connectivity index (χ0) is 14.9. The smallest absolute Gasteiger partial charge is 0.275 e. The molecular weight excluding hydrogens is 272 g/mol. The van der Waals surface area contributed by atoms with Crippen molar-refractivity contribution in [1.29, 1.82) is 10.5 Å². The number of nitro benzene ring substituents is 1. The van der Waals surface area contributed by atoms with Gasteiger partial charge in [0.2, 0.25) is 0 Å². The first-order valence-electron chi connectivity index (χ1n) is 5.01. The van der Waals surface area contributed by atoms with Crippen molar-refractivity contribution in [1.82, 2.24) is 9.55 Å². The topological polar surface area (TPSA) is 109 Å². The Morgan fingerprint density at radius 1 is 1.25 bits per heavy atom. The molecule has 0 unspecified atom stereocenters. The molecule has 0 aliphatic heterocycles. The van der Waals surface area contributed by atoms with Crippen molar-refractivity contribution < 1.29 is 13.7 Å². The van der Waals surface area contributed by atoms with Crippen LogP contribution >= 0.6 is 0 Å². The first kappa shape index (κ1) is 13.1. The average Bonchev–Trinajstić information content (AvgIpc) is 2.80. The normalized spacial score (nSPS) is 9.80. The number of rotatable bonds is 2. The predicted octanol–water partition coefficient (Wildman–Crippen LogP) is 1.80. The quantitative estimate of drug-likeness (QED) is 0.613. The van der Waals surface area contributed by atoms with Gasteiger partial charge in [0.1, 0.15) is 24.2 Å². The van der Waals surface area contributed by atoms with Gasteiger partial charge in [-0.1, -0.05) is 0 Å². The molecule has 1 aromatic carbocycles. The molecule has 0 aliphatic carbocycles. The van der Waals surface area contributed by atoms with Crippen LogP contribution in [0.4, 0.5) is 14.5 Å². The van der Waals surface area contributed by atoms with Crippen molar-refractivity contribution in [2.75, 3.05) is 0 Å². The third-order valence-electron chi connectivity index (χ3n) is 2.43. The molecule has 7 nitrogen and oxygen atoms in total. The highest BCUT2D eigenvalue weighted by molar-refractivity contribution is 5.49. The lowest BCUT2D eigenvalue weighted by molar-refractivity contribution is -0.385. The molecule has 9 heteroatoms. The summed E-state index contributed by atoms with van der Waals surface area (Å²) in [5.74, 6) is -2.48. The van der Waals surface area contributed by atoms with Gasteiger partial charge in [-0.15, -0.1) is 0 Å². The van der Waals surface area contributed by atoms with Gasteiger partial charge in [0, 0.05) is 0 Å². The van der Waals surface area contributed by atoms with E-state index in [0.29, 0.717) is 12.1 Å². The SMILES string of the molecule is N#Cc1ncn(-c2c(F)cc([N+](=O)[O-])cc2F)c1C#N. The molecule has 0 saturated heterocycles. The maximum Gasteiger partial charge on any atom is 0.275 e. The van der Waals surface area contributed by atoms with Gasteiger partial charge in [0.05, 0.1) is 17.1 Å². The summed E-state index contributed by atoms with van der Waals surface area (Å²) in [6.45, 7) is 0. The van der Waals surface area contributed by atoms with E-state index in [4.69, 9.17) is 10.5 Å². The second-order valence-electron chi connectivity index (χ2n) is 3.55. The van der Waals surface area contributed by atoms with Crippen molar-refractivity contribution in [3.63, 3.8) is 0 Å². The number of halogens is 2. The summed E-state index contributed by atoms with van der Waals surface area (Å²) in [4.78, 5) is 13.1. The van der Waals surface area contributed by atoms with Crippen LogP contribution in [0.1, 0.15) is 11.4 Å². The van der Waals surface area contributed by atoms with Crippen LogP contribution in [0, 0.1) is 44.4 Å². The number of aromatic nitrogens is 2. The molecule has 0 radical (unpaired) electrons. The standard InChI is InChI=1S/C11H3F2N5O2/c12-7-1-6(18(19)20)2-8(13)11(7)17-5-16-9(3-14)10(17)4-15/h1-2,5H. The largest absolute Gasteiger partial charge is 0.284 e. The maximum atomic E-state index is 13.8. The summed E-state index contributed by atoms with van der Waals surface area (Å²) in [5, 5.41) is 28.1. The number of hydrogen-bond acceptors (Lipinski definition) is 5. The molecule has 1 heterocycles. The van der Waals surface area contributed by atoms with Gasteiger partial charge in [-0.05, 0) is 0 Å². The van der Waals surface area contributed by atoms with Gasteiger partial charge in [0.25, 0.3) is 5.69 Å². The van der Waals surface area contributed by atoms with Crippen LogP contribution in [0.15, 0.2) is 18.5 Å². The molecule has 0 spiro atoms. The zero-order valence-corrected chi connectivity index (χ0v) is 9.54. The van der Waals surface area contributed by atoms with Crippen LogP contribution < -0.4 is 0 Å². The Labute approximate surface area is 110 Å². The van der Waals surface area contributed by atoms with Gasteiger partial charge in [-0.25, -0.2) is 13.8 Å². The highest BCUT2D eigenvalue weighted by Gasteiger charge is 2.22. The molecule has 2 aromatic rings. The fourth-order valence-corrected chi connectivity index (χ4v) is 1.59. The number of benzene rings is 1. The van der Waals surface area contributed by atoms with E-state index in [9.17, 15) is 18.9 Å². The molecule has 0 N–H and O–H groups in total. The van der Waals surface area contributed by atoms with Crippen molar-refractivity contribution in [2.45, 2.75) is 0 Å². The van der Waals surface area contributed by atoms with Crippen molar-refractivity contribution in [3.8, 4) is 17.8 Å². The van der Waals surface area contributed by atoms with Crippen LogP contribution in [0.3, 0.4) is 0 Å². The Morgan fingerprint density at radius 2 is 1.85 bits per heavy atom. The molecule has 0 bridgehead atoms. The number of nitriles is 2. The average molecular weight is 275 g/mol. The molecule has 0 atom stereocenters. The minimum atomic E-state index is -1.24. The molecule has 0 saturated carbocycles. The fourth-order valence-electron chi connectivity index (χ4n) is 1.59. The van der Waals surface area contributed by atoms with E-state index in [1.165, 1.54) is 0 Å². The van der Waals surface area contributed by atoms with Crippen LogP contribution in [-0.4, -0.2) is 14.5 Å². The van der Waals surface area contributed by atoms with Crippen LogP contribution in [0.5, 0.6) is 0 Å². The van der Waals surface area contributed by atoms with Crippen molar-refractivity contribution in [3.05, 3.63) is 51.6 Å². The van der Waals surface area contributed by atoms with Gasteiger partial charge >= 0.3 is 0 Å². The highest BCUT2D eigenvalue weighted by atomic mass is 19.1. The molecule has 0 amide bonds. The van der Waals surface area contributed by atoms with Gasteiger partial charge in [0.15, 0.2) is 23.0 Å². The van der Waals surface area contributed by atoms with Crippen LogP contribution in [0.2, 0.25) is 0 Å². The monoisotopic (exact) mass is 275 g/mol. The fraction of sp³-hybridized carbons (Fsp3) is 0. The van der Waals surface area contributed by atoms with E-state index in [0.717, 1.165) is 10.9 Å². The van der Waals surface area contributed by atoms with Crippen molar-refractivity contribution >= 4 is 5.69 Å². The summed E-state index contributed by atoms with van der Waals surface area (Å²) in [6, 6.07) is 4.23. The third-order valence-corrected chi connectivity index (χ3v) is 2.43. The Balaban J connectivity index is 2.72. The first-order valence-corrected chi connectivity index (χ1v) is 5.01. The van der Waals surface area contributed by atoms with E-state index in [1.54, 1.807) is 12.1 Å². The van der Waals surface area contributed by atoms with E-state index in [-0.39, 0.29) is 11.4 Å². The number of imidazole rings is 1. The van der Waals surface area contributed by atoms with E-state index in [2.05, 4.69) is 4.98 Å². The lowest BCUT2D eigenvalue weighted by atomic mass is 10.2. The third kappa shape index (κ3) is 1.93. The molecule has 2 rings (SSSR count). The molecule has 1 aromatic heterocycles. The highest BCUT2D eigenvalue weighted by Crippen LogP contribution is 2.25. The molecule has 0 fully saturated rings. The summed E-state index contributed by atoms with van der Waals surface area (Å²) in [7, 11) is 0. The first-order chi connectivity index (χ1) is 9.49. The summed E-state index contributed by atoms with van der Waals surface area (Å²) in [5.41, 5.74) is -2.13. The molecule has 0 aliphatic rings. The van der Waals surface area contributed by atoms with Crippen LogP contribution in [0.25, 0.3) is 5.69 Å². The van der Waals surface area contributed by atoms with Gasteiger partial charge < -0.3 is 0 Å². The molecule has 20 heavy (non-hydrogen) atoms. The minimum absolute atomic E-state index is 0.301. The molecule has 98 valence electrons. The second kappa shape index (κ2) is 4.74. The predicted molar refractivity (Wildman–Crippen MR) is 59.6 cm³/mol. The van der Waals surface area contributed by atoms with E-state index in [1.807, 2.05) is 0 Å². The van der Waals surface area contributed by atoms with Gasteiger partial charge in [-0.2, -0.15) is 10.5 Å². The number of nitro groups is 1. The van der Waals surface area contributed by atoms with E-state index < -0.39 is 27.9 Å². The van der Waals surface area contributed by atoms with E-state index >= 15 is 0 Å². The van der Waals surface area contributed by atoms with Gasteiger partial charge in [-0.3, -0.25) is 14.7 Å².